The number of phenolic OH excluding ortho intramolecular Hbond substituents is 1. The first-order valence-electron chi connectivity index (χ1n) is 8.96. The molecule has 1 aliphatic carbocycles. The van der Waals surface area contributed by atoms with Gasteiger partial charge in [0.2, 0.25) is 5.95 Å². The van der Waals surface area contributed by atoms with Gasteiger partial charge in [0.05, 0.1) is 0 Å². The lowest BCUT2D eigenvalue weighted by molar-refractivity contribution is -0.116. The molecule has 2 aliphatic rings. The highest BCUT2D eigenvalue weighted by molar-refractivity contribution is 5.99. The van der Waals surface area contributed by atoms with E-state index in [1.165, 1.54) is 0 Å². The predicted molar refractivity (Wildman–Crippen MR) is 98.2 cm³/mol. The second-order valence-corrected chi connectivity index (χ2v) is 6.90. The van der Waals surface area contributed by atoms with Crippen LogP contribution in [0.4, 0.5) is 5.95 Å². The minimum absolute atomic E-state index is 0.120. The molecule has 0 bridgehead atoms. The molecule has 0 amide bonds. The fourth-order valence-electron chi connectivity index (χ4n) is 3.75. The second kappa shape index (κ2) is 5.84. The summed E-state index contributed by atoms with van der Waals surface area (Å²) >= 11 is 0. The number of furan rings is 1. The van der Waals surface area contributed by atoms with Crippen LogP contribution in [0.25, 0.3) is 11.4 Å². The Labute approximate surface area is 155 Å². The molecule has 5 rings (SSSR count). The average Bonchev–Trinajstić information content (AvgIpc) is 3.27. The molecule has 136 valence electrons. The highest BCUT2D eigenvalue weighted by Gasteiger charge is 2.38. The van der Waals surface area contributed by atoms with E-state index < -0.39 is 6.04 Å². The Kier molecular flexibility index (Phi) is 3.43. The maximum atomic E-state index is 12.7. The van der Waals surface area contributed by atoms with E-state index in [2.05, 4.69) is 15.4 Å². The molecule has 1 aromatic carbocycles. The maximum absolute atomic E-state index is 12.7. The molecule has 3 heterocycles. The van der Waals surface area contributed by atoms with Crippen LogP contribution in [0.3, 0.4) is 0 Å². The summed E-state index contributed by atoms with van der Waals surface area (Å²) < 4.78 is 7.60. The minimum Gasteiger partial charge on any atom is -0.508 e. The molecular weight excluding hydrogens is 344 g/mol. The van der Waals surface area contributed by atoms with Gasteiger partial charge in [0, 0.05) is 23.3 Å². The van der Waals surface area contributed by atoms with E-state index in [1.54, 1.807) is 28.9 Å². The molecule has 2 aromatic heterocycles. The number of aromatic nitrogens is 3. The van der Waals surface area contributed by atoms with Crippen LogP contribution in [0, 0.1) is 6.92 Å². The third-order valence-electron chi connectivity index (χ3n) is 5.02. The Morgan fingerprint density at radius 3 is 2.74 bits per heavy atom. The molecule has 0 radical (unpaired) electrons. The van der Waals surface area contributed by atoms with Crippen LogP contribution in [0.5, 0.6) is 5.75 Å². The van der Waals surface area contributed by atoms with Crippen molar-refractivity contribution in [3.8, 4) is 17.1 Å². The summed E-state index contributed by atoms with van der Waals surface area (Å²) in [5, 5.41) is 17.5. The Morgan fingerprint density at radius 2 is 2.00 bits per heavy atom. The number of aryl methyl sites for hydroxylation is 1. The summed E-state index contributed by atoms with van der Waals surface area (Å²) in [6, 6.07) is 10.1. The van der Waals surface area contributed by atoms with Crippen molar-refractivity contribution in [1.29, 1.82) is 0 Å². The van der Waals surface area contributed by atoms with Crippen molar-refractivity contribution >= 4 is 11.7 Å². The van der Waals surface area contributed by atoms with E-state index in [-0.39, 0.29) is 11.5 Å². The number of carbonyl (C=O) groups is 1. The smallest absolute Gasteiger partial charge is 0.227 e. The van der Waals surface area contributed by atoms with Crippen LogP contribution in [-0.4, -0.2) is 25.7 Å². The number of phenols is 1. The minimum atomic E-state index is -0.420. The van der Waals surface area contributed by atoms with Crippen molar-refractivity contribution in [1.82, 2.24) is 14.8 Å². The molecule has 0 saturated heterocycles. The van der Waals surface area contributed by atoms with Crippen molar-refractivity contribution in [2.45, 2.75) is 32.2 Å². The Hall–Kier alpha value is -3.35. The zero-order valence-electron chi connectivity index (χ0n) is 14.8. The Balaban J connectivity index is 1.66. The third-order valence-corrected chi connectivity index (χ3v) is 5.02. The first kappa shape index (κ1) is 15.9. The molecule has 0 spiro atoms. The molecule has 1 unspecified atom stereocenters. The number of aromatic hydroxyl groups is 1. The van der Waals surface area contributed by atoms with Gasteiger partial charge in [0.25, 0.3) is 0 Å². The van der Waals surface area contributed by atoms with Gasteiger partial charge in [-0.3, -0.25) is 4.79 Å². The van der Waals surface area contributed by atoms with Crippen LogP contribution < -0.4 is 5.32 Å². The lowest BCUT2D eigenvalue weighted by Crippen LogP contribution is -2.31. The summed E-state index contributed by atoms with van der Waals surface area (Å²) in [4.78, 5) is 17.3. The standard InChI is InChI=1S/C20H18N4O3/c1-11-5-10-16(27-11)18-17-14(3-2-4-15(17)26)21-20-22-19(23-24(18)20)12-6-8-13(25)9-7-12/h5-10,18,25H,2-4H2,1H3,(H,21,22,23). The monoisotopic (exact) mass is 362 g/mol. The number of Topliss-reactive ketones (excluding diaryl/α,β-unsaturated/α-hetero) is 1. The summed E-state index contributed by atoms with van der Waals surface area (Å²) in [6.07, 6.45) is 2.16. The SMILES string of the molecule is Cc1ccc(C2C3=C(CCCC3=O)Nc3nc(-c4ccc(O)cc4)nn32)o1. The topological polar surface area (TPSA) is 93.2 Å². The molecule has 0 fully saturated rings. The Bertz CT molecular complexity index is 1080. The number of benzene rings is 1. The van der Waals surface area contributed by atoms with E-state index >= 15 is 0 Å². The molecular formula is C20H18N4O3. The number of carbonyl (C=O) groups excluding carboxylic acids is 1. The lowest BCUT2D eigenvalue weighted by Gasteiger charge is -2.30. The summed E-state index contributed by atoms with van der Waals surface area (Å²) in [5.74, 6) is 2.89. The highest BCUT2D eigenvalue weighted by atomic mass is 16.3. The largest absolute Gasteiger partial charge is 0.508 e. The number of rotatable bonds is 2. The molecule has 7 heteroatoms. The van der Waals surface area contributed by atoms with Crippen LogP contribution in [0.2, 0.25) is 0 Å². The number of fused-ring (bicyclic) bond motifs is 1. The van der Waals surface area contributed by atoms with Crippen LogP contribution in [-0.2, 0) is 4.79 Å². The van der Waals surface area contributed by atoms with E-state index in [4.69, 9.17) is 4.42 Å². The van der Waals surface area contributed by atoms with Crippen molar-refractivity contribution in [3.05, 3.63) is 59.2 Å². The number of allylic oxidation sites excluding steroid dienone is 2. The van der Waals surface area contributed by atoms with Gasteiger partial charge in [-0.05, 0) is 56.2 Å². The van der Waals surface area contributed by atoms with Gasteiger partial charge in [-0.2, -0.15) is 4.98 Å². The molecule has 7 nitrogen and oxygen atoms in total. The van der Waals surface area contributed by atoms with Crippen LogP contribution in [0.1, 0.15) is 36.8 Å². The van der Waals surface area contributed by atoms with E-state index in [0.29, 0.717) is 29.5 Å². The number of hydrogen-bond donors (Lipinski definition) is 2. The van der Waals surface area contributed by atoms with Crippen molar-refractivity contribution in [2.75, 3.05) is 5.32 Å². The van der Waals surface area contributed by atoms with Crippen LogP contribution >= 0.6 is 0 Å². The summed E-state index contributed by atoms with van der Waals surface area (Å²) in [5.41, 5.74) is 2.41. The summed E-state index contributed by atoms with van der Waals surface area (Å²) in [7, 11) is 0. The third kappa shape index (κ3) is 2.54. The van der Waals surface area contributed by atoms with E-state index in [1.807, 2.05) is 19.1 Å². The van der Waals surface area contributed by atoms with Gasteiger partial charge >= 0.3 is 0 Å². The number of nitrogens with one attached hydrogen (secondary N) is 1. The molecule has 3 aromatic rings. The molecule has 2 N–H and O–H groups in total. The van der Waals surface area contributed by atoms with Gasteiger partial charge in [-0.1, -0.05) is 0 Å². The Morgan fingerprint density at radius 1 is 1.19 bits per heavy atom. The molecule has 0 saturated carbocycles. The van der Waals surface area contributed by atoms with Crippen molar-refractivity contribution in [2.24, 2.45) is 0 Å². The quantitative estimate of drug-likeness (QED) is 0.724. The first-order chi connectivity index (χ1) is 13.1. The number of hydrogen-bond acceptors (Lipinski definition) is 6. The molecule has 1 atom stereocenters. The van der Waals surface area contributed by atoms with Gasteiger partial charge in [0.1, 0.15) is 23.3 Å². The van der Waals surface area contributed by atoms with Gasteiger partial charge in [0.15, 0.2) is 11.6 Å². The highest BCUT2D eigenvalue weighted by Crippen LogP contribution is 2.41. The van der Waals surface area contributed by atoms with E-state index in [0.717, 1.165) is 29.9 Å². The lowest BCUT2D eigenvalue weighted by atomic mass is 9.88. The zero-order valence-corrected chi connectivity index (χ0v) is 14.8. The van der Waals surface area contributed by atoms with E-state index in [9.17, 15) is 9.90 Å². The number of nitrogens with zero attached hydrogens (tertiary/aromatic N) is 3. The van der Waals surface area contributed by atoms with Gasteiger partial charge in [-0.25, -0.2) is 4.68 Å². The fraction of sp³-hybridized carbons (Fsp3) is 0.250. The summed E-state index contributed by atoms with van der Waals surface area (Å²) in [6.45, 7) is 1.88. The van der Waals surface area contributed by atoms with Gasteiger partial charge < -0.3 is 14.8 Å². The van der Waals surface area contributed by atoms with Gasteiger partial charge in [-0.15, -0.1) is 5.10 Å². The fourth-order valence-corrected chi connectivity index (χ4v) is 3.75. The first-order valence-corrected chi connectivity index (χ1v) is 8.96. The average molecular weight is 362 g/mol. The molecule has 1 aliphatic heterocycles. The zero-order chi connectivity index (χ0) is 18.5. The molecule has 27 heavy (non-hydrogen) atoms. The maximum Gasteiger partial charge on any atom is 0.227 e. The van der Waals surface area contributed by atoms with Crippen LogP contribution in [0.15, 0.2) is 52.1 Å². The van der Waals surface area contributed by atoms with Crippen molar-refractivity contribution < 1.29 is 14.3 Å². The van der Waals surface area contributed by atoms with Crippen molar-refractivity contribution in [3.63, 3.8) is 0 Å². The normalized spacial score (nSPS) is 18.9. The number of ketones is 1. The number of anilines is 1. The predicted octanol–water partition coefficient (Wildman–Crippen LogP) is 3.57. The second-order valence-electron chi connectivity index (χ2n) is 6.90.